The van der Waals surface area contributed by atoms with Crippen LogP contribution in [0.25, 0.3) is 0 Å². The van der Waals surface area contributed by atoms with Gasteiger partial charge in [-0.2, -0.15) is 0 Å². The fourth-order valence-corrected chi connectivity index (χ4v) is 2.45. The van der Waals surface area contributed by atoms with E-state index >= 15 is 0 Å². The van der Waals surface area contributed by atoms with E-state index in [0.29, 0.717) is 11.1 Å². The average molecular weight is 382 g/mol. The summed E-state index contributed by atoms with van der Waals surface area (Å²) < 4.78 is 36.3. The van der Waals surface area contributed by atoms with Gasteiger partial charge < -0.3 is 9.47 Å². The predicted octanol–water partition coefficient (Wildman–Crippen LogP) is 4.68. The van der Waals surface area contributed by atoms with Crippen molar-refractivity contribution in [1.82, 2.24) is 0 Å². The van der Waals surface area contributed by atoms with Crippen molar-refractivity contribution in [3.8, 4) is 0 Å². The molecule has 0 aliphatic carbocycles. The van der Waals surface area contributed by atoms with Crippen LogP contribution >= 0.6 is 0 Å². The van der Waals surface area contributed by atoms with Gasteiger partial charge in [0.1, 0.15) is 24.8 Å². The molecule has 0 N–H and O–H groups in total. The molecule has 142 valence electrons. The third-order valence-electron chi connectivity index (χ3n) is 3.93. The molecule has 3 rings (SSSR count). The Morgan fingerprint density at radius 3 is 1.32 bits per heavy atom. The summed E-state index contributed by atoms with van der Waals surface area (Å²) in [7, 11) is 0. The molecule has 0 saturated heterocycles. The zero-order chi connectivity index (χ0) is 19.9. The molecular formula is C22H16F2O4. The molecule has 3 aromatic rings. The van der Waals surface area contributed by atoms with Crippen molar-refractivity contribution in [3.63, 3.8) is 0 Å². The van der Waals surface area contributed by atoms with Gasteiger partial charge in [0.15, 0.2) is 0 Å². The van der Waals surface area contributed by atoms with Crippen LogP contribution in [0, 0.1) is 11.6 Å². The molecule has 0 aliphatic rings. The highest BCUT2D eigenvalue weighted by atomic mass is 19.1. The van der Waals surface area contributed by atoms with Gasteiger partial charge >= 0.3 is 11.9 Å². The van der Waals surface area contributed by atoms with Crippen molar-refractivity contribution in [3.05, 3.63) is 107 Å². The molecule has 0 unspecified atom stereocenters. The Hall–Kier alpha value is -3.54. The number of hydrogen-bond acceptors (Lipinski definition) is 4. The molecule has 0 atom stereocenters. The van der Waals surface area contributed by atoms with Crippen LogP contribution in [0.15, 0.2) is 72.8 Å². The van der Waals surface area contributed by atoms with Gasteiger partial charge in [0.25, 0.3) is 0 Å². The maximum absolute atomic E-state index is 12.9. The van der Waals surface area contributed by atoms with Crippen molar-refractivity contribution in [2.45, 2.75) is 13.2 Å². The summed E-state index contributed by atoms with van der Waals surface area (Å²) >= 11 is 0. The molecule has 0 bridgehead atoms. The first kappa shape index (κ1) is 19.2. The van der Waals surface area contributed by atoms with E-state index in [1.807, 2.05) is 0 Å². The molecule has 0 aromatic heterocycles. The first-order chi connectivity index (χ1) is 13.5. The summed E-state index contributed by atoms with van der Waals surface area (Å²) in [6, 6.07) is 17.2. The van der Waals surface area contributed by atoms with Crippen LogP contribution in [0.5, 0.6) is 0 Å². The Morgan fingerprint density at radius 1 is 0.607 bits per heavy atom. The van der Waals surface area contributed by atoms with Crippen LogP contribution < -0.4 is 0 Å². The summed E-state index contributed by atoms with van der Waals surface area (Å²) in [5.41, 5.74) is 1.36. The minimum Gasteiger partial charge on any atom is -0.457 e. The molecule has 0 fully saturated rings. The van der Waals surface area contributed by atoms with Crippen LogP contribution in [0.4, 0.5) is 8.78 Å². The molecule has 0 heterocycles. The summed E-state index contributed by atoms with van der Waals surface area (Å²) in [5.74, 6) is -2.16. The Balaban J connectivity index is 1.65. The van der Waals surface area contributed by atoms with Crippen molar-refractivity contribution in [1.29, 1.82) is 0 Å². The fourth-order valence-electron chi connectivity index (χ4n) is 2.45. The number of halogens is 2. The van der Waals surface area contributed by atoms with Gasteiger partial charge in [-0.15, -0.1) is 0 Å². The average Bonchev–Trinajstić information content (AvgIpc) is 2.72. The Labute approximate surface area is 160 Å². The van der Waals surface area contributed by atoms with Gasteiger partial charge in [0.2, 0.25) is 0 Å². The highest BCUT2D eigenvalue weighted by Crippen LogP contribution is 2.15. The minimum atomic E-state index is -0.696. The third-order valence-corrected chi connectivity index (χ3v) is 3.93. The number of esters is 2. The van der Waals surface area contributed by atoms with Crippen molar-refractivity contribution < 1.29 is 27.8 Å². The van der Waals surface area contributed by atoms with Gasteiger partial charge in [-0.3, -0.25) is 0 Å². The molecule has 0 saturated carbocycles. The number of carbonyl (C=O) groups is 2. The zero-order valence-electron chi connectivity index (χ0n) is 14.7. The Bertz CT molecular complexity index is 886. The van der Waals surface area contributed by atoms with Gasteiger partial charge in [-0.05, 0) is 47.5 Å². The van der Waals surface area contributed by atoms with Crippen molar-refractivity contribution in [2.24, 2.45) is 0 Å². The number of benzene rings is 3. The molecule has 3 aromatic carbocycles. The monoisotopic (exact) mass is 382 g/mol. The van der Waals surface area contributed by atoms with E-state index in [-0.39, 0.29) is 36.0 Å². The van der Waals surface area contributed by atoms with Gasteiger partial charge in [-0.1, -0.05) is 36.4 Å². The Morgan fingerprint density at radius 2 is 0.964 bits per heavy atom. The van der Waals surface area contributed by atoms with Crippen LogP contribution in [-0.4, -0.2) is 11.9 Å². The lowest BCUT2D eigenvalue weighted by molar-refractivity contribution is 0.0425. The van der Waals surface area contributed by atoms with Gasteiger partial charge in [-0.25, -0.2) is 18.4 Å². The quantitative estimate of drug-likeness (QED) is 0.581. The van der Waals surface area contributed by atoms with Gasteiger partial charge in [0.05, 0.1) is 11.1 Å². The second-order valence-electron chi connectivity index (χ2n) is 5.95. The first-order valence-electron chi connectivity index (χ1n) is 8.45. The van der Waals surface area contributed by atoms with Crippen LogP contribution in [0.2, 0.25) is 0 Å². The molecular weight excluding hydrogens is 366 g/mol. The molecule has 0 aliphatic heterocycles. The minimum absolute atomic E-state index is 0.0575. The third kappa shape index (κ3) is 5.01. The van der Waals surface area contributed by atoms with Crippen LogP contribution in [0.1, 0.15) is 31.8 Å². The lowest BCUT2D eigenvalue weighted by Gasteiger charge is -2.10. The fraction of sp³-hybridized carbons (Fsp3) is 0.0909. The van der Waals surface area contributed by atoms with E-state index in [4.69, 9.17) is 9.47 Å². The maximum atomic E-state index is 12.9. The van der Waals surface area contributed by atoms with Gasteiger partial charge in [0, 0.05) is 0 Å². The highest BCUT2D eigenvalue weighted by molar-refractivity contribution is 6.03. The lowest BCUT2D eigenvalue weighted by atomic mass is 10.1. The van der Waals surface area contributed by atoms with E-state index < -0.39 is 11.9 Å². The lowest BCUT2D eigenvalue weighted by Crippen LogP contribution is -2.14. The number of ether oxygens (including phenoxy) is 2. The summed E-state index contributed by atoms with van der Waals surface area (Å²) in [5, 5.41) is 0. The standard InChI is InChI=1S/C22H16F2O4/c23-17-9-5-15(6-10-17)13-27-21(25)19-3-1-2-4-20(19)22(26)28-14-16-7-11-18(24)12-8-16/h1-12H,13-14H2. The second-order valence-corrected chi connectivity index (χ2v) is 5.95. The smallest absolute Gasteiger partial charge is 0.339 e. The number of carbonyl (C=O) groups excluding carboxylic acids is 2. The Kier molecular flexibility index (Phi) is 6.11. The molecule has 6 heteroatoms. The first-order valence-corrected chi connectivity index (χ1v) is 8.45. The van der Waals surface area contributed by atoms with Crippen molar-refractivity contribution >= 4 is 11.9 Å². The summed E-state index contributed by atoms with van der Waals surface area (Å²) in [6.45, 7) is -0.115. The topological polar surface area (TPSA) is 52.6 Å². The molecule has 0 spiro atoms. The number of rotatable bonds is 6. The highest BCUT2D eigenvalue weighted by Gasteiger charge is 2.19. The molecule has 0 radical (unpaired) electrons. The second kappa shape index (κ2) is 8.90. The largest absolute Gasteiger partial charge is 0.457 e. The number of hydrogen-bond donors (Lipinski definition) is 0. The van der Waals surface area contributed by atoms with E-state index in [2.05, 4.69) is 0 Å². The SMILES string of the molecule is O=C(OCc1ccc(F)cc1)c1ccccc1C(=O)OCc1ccc(F)cc1. The maximum Gasteiger partial charge on any atom is 0.339 e. The zero-order valence-corrected chi connectivity index (χ0v) is 14.7. The van der Waals surface area contributed by atoms with Crippen LogP contribution in [-0.2, 0) is 22.7 Å². The van der Waals surface area contributed by atoms with E-state index in [1.165, 1.54) is 60.7 Å². The van der Waals surface area contributed by atoms with E-state index in [9.17, 15) is 18.4 Å². The van der Waals surface area contributed by atoms with Crippen molar-refractivity contribution in [2.75, 3.05) is 0 Å². The molecule has 4 nitrogen and oxygen atoms in total. The molecule has 28 heavy (non-hydrogen) atoms. The summed E-state index contributed by atoms with van der Waals surface area (Å²) in [6.07, 6.45) is 0. The molecule has 0 amide bonds. The predicted molar refractivity (Wildman–Crippen MR) is 97.5 cm³/mol. The normalized spacial score (nSPS) is 10.4. The van der Waals surface area contributed by atoms with E-state index in [0.717, 1.165) is 0 Å². The summed E-state index contributed by atoms with van der Waals surface area (Å²) in [4.78, 5) is 24.8. The van der Waals surface area contributed by atoms with E-state index in [1.54, 1.807) is 12.1 Å². The van der Waals surface area contributed by atoms with Crippen LogP contribution in [0.3, 0.4) is 0 Å².